The van der Waals surface area contributed by atoms with Gasteiger partial charge < -0.3 is 10.6 Å². The number of carbonyl (C=O) groups is 2. The Balaban J connectivity index is 1.77. The molecule has 2 N–H and O–H groups in total. The van der Waals surface area contributed by atoms with Crippen molar-refractivity contribution in [3.63, 3.8) is 0 Å². The highest BCUT2D eigenvalue weighted by Crippen LogP contribution is 2.08. The molecular weight excluding hydrogens is 278 g/mol. The second-order valence-electron chi connectivity index (χ2n) is 4.68. The number of hydrogen-bond acceptors (Lipinski definition) is 3. The number of benzene rings is 2. The fourth-order valence-corrected chi connectivity index (χ4v) is 1.86. The molecule has 0 saturated heterocycles. The fraction of sp³-hybridized carbons (Fsp3) is 0.118. The van der Waals surface area contributed by atoms with Gasteiger partial charge in [-0.25, -0.2) is 0 Å². The Bertz CT molecular complexity index is 688. The molecule has 2 rings (SSSR count). The lowest BCUT2D eigenvalue weighted by molar-refractivity contribution is -0.123. The molecule has 0 fully saturated rings. The van der Waals surface area contributed by atoms with Crippen molar-refractivity contribution in [2.75, 3.05) is 11.9 Å². The first-order chi connectivity index (χ1) is 10.7. The van der Waals surface area contributed by atoms with Crippen LogP contribution in [0.2, 0.25) is 0 Å². The largest absolute Gasteiger partial charge is 0.347 e. The van der Waals surface area contributed by atoms with Crippen LogP contribution in [-0.4, -0.2) is 18.4 Å². The van der Waals surface area contributed by atoms with Gasteiger partial charge in [-0.3, -0.25) is 9.59 Å². The van der Waals surface area contributed by atoms with Crippen LogP contribution in [0.3, 0.4) is 0 Å². The van der Waals surface area contributed by atoms with Crippen LogP contribution in [0.1, 0.15) is 11.1 Å². The van der Waals surface area contributed by atoms with Gasteiger partial charge in [0.1, 0.15) is 0 Å². The molecule has 2 amide bonds. The predicted octanol–water partition coefficient (Wildman–Crippen LogP) is 1.86. The molecule has 0 unspecified atom stereocenters. The summed E-state index contributed by atoms with van der Waals surface area (Å²) in [6, 6.07) is 17.8. The summed E-state index contributed by atoms with van der Waals surface area (Å²) in [6.07, 6.45) is 0.241. The van der Waals surface area contributed by atoms with Crippen LogP contribution >= 0.6 is 0 Å². The van der Waals surface area contributed by atoms with Crippen molar-refractivity contribution in [1.29, 1.82) is 5.26 Å². The molecule has 0 bridgehead atoms. The first kappa shape index (κ1) is 15.3. The van der Waals surface area contributed by atoms with Gasteiger partial charge >= 0.3 is 0 Å². The molecule has 0 aliphatic heterocycles. The van der Waals surface area contributed by atoms with E-state index in [1.807, 2.05) is 36.4 Å². The summed E-state index contributed by atoms with van der Waals surface area (Å²) in [4.78, 5) is 23.5. The molecule has 0 heterocycles. The van der Waals surface area contributed by atoms with Gasteiger partial charge in [0.15, 0.2) is 0 Å². The van der Waals surface area contributed by atoms with Gasteiger partial charge in [-0.05, 0) is 29.8 Å². The van der Waals surface area contributed by atoms with E-state index < -0.39 is 0 Å². The van der Waals surface area contributed by atoms with Crippen molar-refractivity contribution < 1.29 is 9.59 Å². The average Bonchev–Trinajstić information content (AvgIpc) is 2.55. The Hall–Kier alpha value is -3.13. The fourth-order valence-electron chi connectivity index (χ4n) is 1.86. The van der Waals surface area contributed by atoms with E-state index in [4.69, 9.17) is 5.26 Å². The van der Waals surface area contributed by atoms with E-state index in [0.717, 1.165) is 5.56 Å². The van der Waals surface area contributed by atoms with E-state index in [1.54, 1.807) is 24.3 Å². The minimum Gasteiger partial charge on any atom is -0.347 e. The number of nitrogens with one attached hydrogen (secondary N) is 2. The van der Waals surface area contributed by atoms with Crippen LogP contribution in [0.15, 0.2) is 54.6 Å². The standard InChI is InChI=1S/C17H15N3O2/c18-11-14-6-8-15(9-7-14)20-17(22)12-19-16(21)10-13-4-2-1-3-5-13/h1-9H,10,12H2,(H,19,21)(H,20,22). The van der Waals surface area contributed by atoms with E-state index in [2.05, 4.69) is 10.6 Å². The summed E-state index contributed by atoms with van der Waals surface area (Å²) in [5.41, 5.74) is 2.00. The van der Waals surface area contributed by atoms with Crippen molar-refractivity contribution >= 4 is 17.5 Å². The molecule has 5 heteroatoms. The third-order valence-corrected chi connectivity index (χ3v) is 2.95. The maximum absolute atomic E-state index is 11.7. The highest BCUT2D eigenvalue weighted by molar-refractivity contribution is 5.94. The van der Waals surface area contributed by atoms with Gasteiger partial charge in [-0.2, -0.15) is 5.26 Å². The SMILES string of the molecule is N#Cc1ccc(NC(=O)CNC(=O)Cc2ccccc2)cc1. The van der Waals surface area contributed by atoms with Gasteiger partial charge in [-0.15, -0.1) is 0 Å². The average molecular weight is 293 g/mol. The minimum absolute atomic E-state index is 0.0916. The summed E-state index contributed by atoms with van der Waals surface area (Å²) >= 11 is 0. The summed E-state index contributed by atoms with van der Waals surface area (Å²) in [5, 5.41) is 13.9. The lowest BCUT2D eigenvalue weighted by Gasteiger charge is -2.07. The lowest BCUT2D eigenvalue weighted by atomic mass is 10.1. The molecule has 0 radical (unpaired) electrons. The van der Waals surface area contributed by atoms with Crippen molar-refractivity contribution in [3.8, 4) is 6.07 Å². The number of hydrogen-bond donors (Lipinski definition) is 2. The molecule has 0 aliphatic carbocycles. The van der Waals surface area contributed by atoms with Crippen LogP contribution in [0.5, 0.6) is 0 Å². The summed E-state index contributed by atoms with van der Waals surface area (Å²) < 4.78 is 0. The number of nitriles is 1. The Morgan fingerprint density at radius 1 is 0.955 bits per heavy atom. The zero-order valence-corrected chi connectivity index (χ0v) is 11.9. The van der Waals surface area contributed by atoms with Gasteiger partial charge in [0, 0.05) is 5.69 Å². The van der Waals surface area contributed by atoms with Crippen LogP contribution in [0.25, 0.3) is 0 Å². The molecule has 0 saturated carbocycles. The first-order valence-electron chi connectivity index (χ1n) is 6.78. The lowest BCUT2D eigenvalue weighted by Crippen LogP contribution is -2.33. The van der Waals surface area contributed by atoms with Crippen molar-refractivity contribution in [1.82, 2.24) is 5.32 Å². The van der Waals surface area contributed by atoms with Gasteiger partial charge in [0.2, 0.25) is 11.8 Å². The summed E-state index contributed by atoms with van der Waals surface area (Å²) in [5.74, 6) is -0.521. The van der Waals surface area contributed by atoms with Crippen LogP contribution in [-0.2, 0) is 16.0 Å². The molecule has 0 aromatic heterocycles. The predicted molar refractivity (Wildman–Crippen MR) is 82.9 cm³/mol. The van der Waals surface area contributed by atoms with Gasteiger partial charge in [0.05, 0.1) is 24.6 Å². The van der Waals surface area contributed by atoms with Crippen LogP contribution in [0, 0.1) is 11.3 Å². The third-order valence-electron chi connectivity index (χ3n) is 2.95. The van der Waals surface area contributed by atoms with Gasteiger partial charge in [-0.1, -0.05) is 30.3 Å². The van der Waals surface area contributed by atoms with E-state index in [0.29, 0.717) is 11.3 Å². The quantitative estimate of drug-likeness (QED) is 0.882. The number of amides is 2. The molecular formula is C17H15N3O2. The third kappa shape index (κ3) is 4.76. The summed E-state index contributed by atoms with van der Waals surface area (Å²) in [7, 11) is 0. The zero-order valence-electron chi connectivity index (χ0n) is 11.9. The Kier molecular flexibility index (Phi) is 5.27. The van der Waals surface area contributed by atoms with Crippen LogP contribution < -0.4 is 10.6 Å². The highest BCUT2D eigenvalue weighted by Gasteiger charge is 2.06. The van der Waals surface area contributed by atoms with Gasteiger partial charge in [0.25, 0.3) is 0 Å². The number of rotatable bonds is 5. The van der Waals surface area contributed by atoms with Crippen LogP contribution in [0.4, 0.5) is 5.69 Å². The van der Waals surface area contributed by atoms with Crippen molar-refractivity contribution in [2.24, 2.45) is 0 Å². The smallest absolute Gasteiger partial charge is 0.243 e. The van der Waals surface area contributed by atoms with E-state index in [-0.39, 0.29) is 24.8 Å². The van der Waals surface area contributed by atoms with E-state index in [9.17, 15) is 9.59 Å². The van der Waals surface area contributed by atoms with Crippen molar-refractivity contribution in [2.45, 2.75) is 6.42 Å². The second-order valence-corrected chi connectivity index (χ2v) is 4.68. The molecule has 22 heavy (non-hydrogen) atoms. The number of anilines is 1. The summed E-state index contributed by atoms with van der Waals surface area (Å²) in [6.45, 7) is -0.0916. The topological polar surface area (TPSA) is 82.0 Å². The zero-order chi connectivity index (χ0) is 15.8. The molecule has 0 spiro atoms. The molecule has 0 atom stereocenters. The molecule has 2 aromatic carbocycles. The normalized spacial score (nSPS) is 9.59. The highest BCUT2D eigenvalue weighted by atomic mass is 16.2. The Labute approximate surface area is 128 Å². The molecule has 5 nitrogen and oxygen atoms in total. The van der Waals surface area contributed by atoms with Crippen molar-refractivity contribution in [3.05, 3.63) is 65.7 Å². The minimum atomic E-state index is -0.314. The van der Waals surface area contributed by atoms with E-state index >= 15 is 0 Å². The Morgan fingerprint density at radius 2 is 1.64 bits per heavy atom. The number of nitrogens with zero attached hydrogens (tertiary/aromatic N) is 1. The molecule has 2 aromatic rings. The molecule has 110 valence electrons. The first-order valence-corrected chi connectivity index (χ1v) is 6.78. The second kappa shape index (κ2) is 7.60. The monoisotopic (exact) mass is 293 g/mol. The van der Waals surface area contributed by atoms with E-state index in [1.165, 1.54) is 0 Å². The number of carbonyl (C=O) groups excluding carboxylic acids is 2. The maximum atomic E-state index is 11.7. The molecule has 0 aliphatic rings. The Morgan fingerprint density at radius 3 is 2.27 bits per heavy atom. The maximum Gasteiger partial charge on any atom is 0.243 e.